The van der Waals surface area contributed by atoms with E-state index in [1.807, 2.05) is 20.8 Å². The zero-order valence-electron chi connectivity index (χ0n) is 16.2. The molecule has 1 heterocycles. The van der Waals surface area contributed by atoms with Crippen molar-refractivity contribution < 1.29 is 19.1 Å². The third kappa shape index (κ3) is 5.59. The second-order valence-electron chi connectivity index (χ2n) is 8.69. The number of aromatic nitrogens is 1. The number of carbonyl (C=O) groups is 2. The number of nitrogens with zero attached hydrogens (tertiary/aromatic N) is 1. The minimum absolute atomic E-state index is 0.305. The number of ether oxygens (including phenoxy) is 2. The Kier molecular flexibility index (Phi) is 5.57. The molecule has 2 rings (SSSR count). The van der Waals surface area contributed by atoms with Crippen molar-refractivity contribution in [1.82, 2.24) is 10.3 Å². The molecule has 1 N–H and O–H groups in total. The van der Waals surface area contributed by atoms with E-state index in [1.165, 1.54) is 6.20 Å². The summed E-state index contributed by atoms with van der Waals surface area (Å²) in [5.74, 6) is -0.463. The van der Waals surface area contributed by atoms with Gasteiger partial charge in [0.05, 0.1) is 16.3 Å². The van der Waals surface area contributed by atoms with Crippen molar-refractivity contribution in [2.45, 2.75) is 71.0 Å². The van der Waals surface area contributed by atoms with Crippen LogP contribution in [-0.2, 0) is 14.9 Å². The third-order valence-corrected chi connectivity index (χ3v) is 4.09. The van der Waals surface area contributed by atoms with E-state index in [2.05, 4.69) is 10.3 Å². The van der Waals surface area contributed by atoms with Crippen molar-refractivity contribution >= 4 is 23.7 Å². The Morgan fingerprint density at radius 1 is 1.15 bits per heavy atom. The van der Waals surface area contributed by atoms with Crippen LogP contribution in [0.2, 0.25) is 5.02 Å². The molecule has 26 heavy (non-hydrogen) atoms. The maximum Gasteiger partial charge on any atom is 0.407 e. The van der Waals surface area contributed by atoms with Gasteiger partial charge in [-0.15, -0.1) is 0 Å². The van der Waals surface area contributed by atoms with E-state index in [9.17, 15) is 9.59 Å². The van der Waals surface area contributed by atoms with Crippen LogP contribution in [-0.4, -0.2) is 34.8 Å². The fraction of sp³-hybridized carbons (Fsp3) is 0.632. The van der Waals surface area contributed by atoms with Gasteiger partial charge in [-0.3, -0.25) is 4.98 Å². The van der Waals surface area contributed by atoms with Crippen LogP contribution in [0.4, 0.5) is 4.79 Å². The van der Waals surface area contributed by atoms with Crippen molar-refractivity contribution in [2.75, 3.05) is 6.54 Å². The van der Waals surface area contributed by atoms with Crippen LogP contribution < -0.4 is 5.32 Å². The Hall–Kier alpha value is -1.82. The third-order valence-electron chi connectivity index (χ3n) is 3.80. The predicted octanol–water partition coefficient (Wildman–Crippen LogP) is 4.25. The van der Waals surface area contributed by atoms with Crippen molar-refractivity contribution in [1.29, 1.82) is 0 Å². The number of nitrogens with one attached hydrogen (secondary N) is 1. The average Bonchev–Trinajstić information content (AvgIpc) is 3.22. The summed E-state index contributed by atoms with van der Waals surface area (Å²) in [6.07, 6.45) is 2.73. The Morgan fingerprint density at radius 2 is 1.73 bits per heavy atom. The largest absolute Gasteiger partial charge is 0.456 e. The van der Waals surface area contributed by atoms with E-state index in [0.717, 1.165) is 12.8 Å². The standard InChI is InChI=1S/C19H27ClN2O4/c1-17(2,3)25-15(23)12-9-13(20)14(21-10-12)19(7-8-19)11-22-16(24)26-18(4,5)6/h9-10H,7-8,11H2,1-6H3,(H,22,24). The molecule has 1 amide bonds. The number of pyridine rings is 1. The van der Waals surface area contributed by atoms with Gasteiger partial charge in [0.15, 0.2) is 0 Å². The molecular formula is C19H27ClN2O4. The highest BCUT2D eigenvalue weighted by atomic mass is 35.5. The lowest BCUT2D eigenvalue weighted by Gasteiger charge is -2.22. The summed E-state index contributed by atoms with van der Waals surface area (Å²) < 4.78 is 10.6. The van der Waals surface area contributed by atoms with Gasteiger partial charge in [0.1, 0.15) is 11.2 Å². The molecule has 0 spiro atoms. The zero-order chi connectivity index (χ0) is 19.8. The maximum absolute atomic E-state index is 12.1. The van der Waals surface area contributed by atoms with Gasteiger partial charge in [0, 0.05) is 18.2 Å². The molecule has 0 saturated heterocycles. The quantitative estimate of drug-likeness (QED) is 0.788. The van der Waals surface area contributed by atoms with E-state index in [4.69, 9.17) is 21.1 Å². The summed E-state index contributed by atoms with van der Waals surface area (Å²) in [5.41, 5.74) is -0.448. The minimum Gasteiger partial charge on any atom is -0.456 e. The van der Waals surface area contributed by atoms with Gasteiger partial charge in [-0.05, 0) is 60.5 Å². The molecule has 1 aromatic heterocycles. The Bertz CT molecular complexity index is 700. The van der Waals surface area contributed by atoms with Crippen molar-refractivity contribution in [3.8, 4) is 0 Å². The highest BCUT2D eigenvalue weighted by molar-refractivity contribution is 6.31. The van der Waals surface area contributed by atoms with Gasteiger partial charge in [-0.1, -0.05) is 11.6 Å². The number of alkyl carbamates (subject to hydrolysis) is 1. The highest BCUT2D eigenvalue weighted by Gasteiger charge is 2.47. The monoisotopic (exact) mass is 382 g/mol. The second-order valence-corrected chi connectivity index (χ2v) is 9.10. The molecule has 0 aliphatic heterocycles. The van der Waals surface area contributed by atoms with E-state index < -0.39 is 23.3 Å². The SMILES string of the molecule is CC(C)(C)OC(=O)NCC1(c2ncc(C(=O)OC(C)(C)C)cc2Cl)CC1. The van der Waals surface area contributed by atoms with Crippen LogP contribution in [0.25, 0.3) is 0 Å². The lowest BCUT2D eigenvalue weighted by Crippen LogP contribution is -2.37. The van der Waals surface area contributed by atoms with Crippen LogP contribution in [0.5, 0.6) is 0 Å². The Morgan fingerprint density at radius 3 is 2.19 bits per heavy atom. The number of rotatable bonds is 4. The number of halogens is 1. The molecule has 6 nitrogen and oxygen atoms in total. The van der Waals surface area contributed by atoms with E-state index in [0.29, 0.717) is 22.8 Å². The molecule has 7 heteroatoms. The van der Waals surface area contributed by atoms with E-state index in [-0.39, 0.29) is 5.41 Å². The molecular weight excluding hydrogens is 356 g/mol. The molecule has 1 fully saturated rings. The predicted molar refractivity (Wildman–Crippen MR) is 99.6 cm³/mol. The van der Waals surface area contributed by atoms with Crippen molar-refractivity contribution in [3.63, 3.8) is 0 Å². The van der Waals surface area contributed by atoms with Gasteiger partial charge < -0.3 is 14.8 Å². The number of amides is 1. The first-order chi connectivity index (χ1) is 11.8. The van der Waals surface area contributed by atoms with Crippen molar-refractivity contribution in [2.24, 2.45) is 0 Å². The Balaban J connectivity index is 2.07. The molecule has 0 aromatic carbocycles. The maximum atomic E-state index is 12.1. The van der Waals surface area contributed by atoms with Crippen LogP contribution in [0.1, 0.15) is 70.4 Å². The first-order valence-corrected chi connectivity index (χ1v) is 9.05. The number of carbonyl (C=O) groups excluding carboxylic acids is 2. The number of hydrogen-bond donors (Lipinski definition) is 1. The normalized spacial score (nSPS) is 16.0. The van der Waals surface area contributed by atoms with Gasteiger partial charge >= 0.3 is 12.1 Å². The summed E-state index contributed by atoms with van der Waals surface area (Å²) >= 11 is 6.38. The molecule has 1 aliphatic carbocycles. The van der Waals surface area contributed by atoms with Gasteiger partial charge in [-0.25, -0.2) is 9.59 Å². The van der Waals surface area contributed by atoms with Gasteiger partial charge in [0.2, 0.25) is 0 Å². The molecule has 144 valence electrons. The number of esters is 1. The topological polar surface area (TPSA) is 77.5 Å². The van der Waals surface area contributed by atoms with E-state index >= 15 is 0 Å². The highest BCUT2D eigenvalue weighted by Crippen LogP contribution is 2.49. The lowest BCUT2D eigenvalue weighted by molar-refractivity contribution is 0.00687. The van der Waals surface area contributed by atoms with Crippen molar-refractivity contribution in [3.05, 3.63) is 28.5 Å². The van der Waals surface area contributed by atoms with Crippen LogP contribution in [0.15, 0.2) is 12.3 Å². The lowest BCUT2D eigenvalue weighted by atomic mass is 10.0. The summed E-state index contributed by atoms with van der Waals surface area (Å²) in [6.45, 7) is 11.2. The fourth-order valence-corrected chi connectivity index (χ4v) is 2.85. The first kappa shape index (κ1) is 20.5. The summed E-state index contributed by atoms with van der Waals surface area (Å²) in [7, 11) is 0. The summed E-state index contributed by atoms with van der Waals surface area (Å²) in [4.78, 5) is 28.4. The average molecular weight is 383 g/mol. The molecule has 0 unspecified atom stereocenters. The van der Waals surface area contributed by atoms with Gasteiger partial charge in [-0.2, -0.15) is 0 Å². The zero-order valence-corrected chi connectivity index (χ0v) is 17.0. The number of hydrogen-bond acceptors (Lipinski definition) is 5. The van der Waals surface area contributed by atoms with E-state index in [1.54, 1.807) is 26.8 Å². The molecule has 1 aromatic rings. The molecule has 0 atom stereocenters. The molecule has 1 aliphatic rings. The minimum atomic E-state index is -0.586. The Labute approximate surface area is 159 Å². The summed E-state index contributed by atoms with van der Waals surface area (Å²) in [6, 6.07) is 1.57. The molecule has 1 saturated carbocycles. The first-order valence-electron chi connectivity index (χ1n) is 8.68. The van der Waals surface area contributed by atoms with Crippen LogP contribution in [0, 0.1) is 0 Å². The van der Waals surface area contributed by atoms with Crippen LogP contribution >= 0.6 is 11.6 Å². The smallest absolute Gasteiger partial charge is 0.407 e. The van der Waals surface area contributed by atoms with Gasteiger partial charge in [0.25, 0.3) is 0 Å². The molecule has 0 bridgehead atoms. The summed E-state index contributed by atoms with van der Waals surface area (Å²) in [5, 5.41) is 3.18. The van der Waals surface area contributed by atoms with Crippen LogP contribution in [0.3, 0.4) is 0 Å². The fourth-order valence-electron chi connectivity index (χ4n) is 2.48. The second kappa shape index (κ2) is 7.06. The molecule has 0 radical (unpaired) electrons.